The first-order valence-corrected chi connectivity index (χ1v) is 11.2. The second kappa shape index (κ2) is 11.6. The number of furan rings is 1. The van der Waals surface area contributed by atoms with Crippen molar-refractivity contribution >= 4 is 39.9 Å². The number of hydrogen-bond donors (Lipinski definition) is 2. The number of rotatable bonds is 10. The molecule has 0 saturated heterocycles. The van der Waals surface area contributed by atoms with Gasteiger partial charge in [0.1, 0.15) is 11.5 Å². The topological polar surface area (TPSA) is 128 Å². The molecular weight excluding hydrogens is 442 g/mol. The molecule has 33 heavy (non-hydrogen) atoms. The van der Waals surface area contributed by atoms with E-state index in [1.165, 1.54) is 23.2 Å². The van der Waals surface area contributed by atoms with Gasteiger partial charge in [0.25, 0.3) is 0 Å². The average molecular weight is 466 g/mol. The van der Waals surface area contributed by atoms with Crippen molar-refractivity contribution in [3.05, 3.63) is 53.6 Å². The Kier molecular flexibility index (Phi) is 8.32. The van der Waals surface area contributed by atoms with Crippen LogP contribution in [0.5, 0.6) is 0 Å². The van der Waals surface area contributed by atoms with Crippen LogP contribution in [0.3, 0.4) is 0 Å². The molecular formula is C23H23N5O4S. The summed E-state index contributed by atoms with van der Waals surface area (Å²) in [6.07, 6.45) is 0.203. The van der Waals surface area contributed by atoms with Crippen LogP contribution in [-0.2, 0) is 20.9 Å². The molecule has 0 spiro atoms. The summed E-state index contributed by atoms with van der Waals surface area (Å²) < 4.78 is 5.66. The van der Waals surface area contributed by atoms with Gasteiger partial charge in [-0.2, -0.15) is 5.26 Å². The largest absolute Gasteiger partial charge is 0.458 e. The smallest absolute Gasteiger partial charge is 0.227 e. The Hall–Kier alpha value is -3.97. The number of carbonyl (C=O) groups is 3. The Morgan fingerprint density at radius 2 is 1.94 bits per heavy atom. The number of anilines is 2. The highest BCUT2D eigenvalue weighted by molar-refractivity contribution is 7.14. The van der Waals surface area contributed by atoms with E-state index in [0.717, 1.165) is 0 Å². The molecule has 0 saturated carbocycles. The van der Waals surface area contributed by atoms with E-state index >= 15 is 0 Å². The van der Waals surface area contributed by atoms with Gasteiger partial charge in [-0.15, -0.1) is 11.3 Å². The third-order valence-electron chi connectivity index (χ3n) is 4.56. The normalized spacial score (nSPS) is 10.3. The van der Waals surface area contributed by atoms with Crippen LogP contribution in [0.1, 0.15) is 31.9 Å². The maximum atomic E-state index is 12.7. The zero-order valence-electron chi connectivity index (χ0n) is 18.0. The first-order valence-electron chi connectivity index (χ1n) is 10.3. The van der Waals surface area contributed by atoms with E-state index in [2.05, 4.69) is 15.6 Å². The minimum absolute atomic E-state index is 0.00868. The molecule has 170 valence electrons. The molecule has 0 atom stereocenters. The summed E-state index contributed by atoms with van der Waals surface area (Å²) >= 11 is 1.24. The molecule has 3 aromatic rings. The predicted molar refractivity (Wildman–Crippen MR) is 124 cm³/mol. The molecule has 2 N–H and O–H groups in total. The van der Waals surface area contributed by atoms with Crippen LogP contribution in [0.25, 0.3) is 11.5 Å². The second-order valence-corrected chi connectivity index (χ2v) is 7.91. The summed E-state index contributed by atoms with van der Waals surface area (Å²) in [4.78, 5) is 41.9. The molecule has 10 heteroatoms. The van der Waals surface area contributed by atoms with Crippen molar-refractivity contribution in [1.82, 2.24) is 10.3 Å². The third kappa shape index (κ3) is 7.02. The first kappa shape index (κ1) is 23.7. The SMILES string of the molecule is CC(=O)NCc1ccc(-c2csc(NC(=O)CCC(=O)N(CCC#N)c3ccccc3)n2)o1. The molecule has 2 aromatic heterocycles. The maximum Gasteiger partial charge on any atom is 0.227 e. The van der Waals surface area contributed by atoms with Crippen LogP contribution in [0.15, 0.2) is 52.3 Å². The van der Waals surface area contributed by atoms with Crippen LogP contribution >= 0.6 is 11.3 Å². The fourth-order valence-electron chi connectivity index (χ4n) is 2.97. The number of para-hydroxylation sites is 1. The number of aromatic nitrogens is 1. The highest BCUT2D eigenvalue weighted by Crippen LogP contribution is 2.27. The van der Waals surface area contributed by atoms with Crippen LogP contribution in [0.4, 0.5) is 10.8 Å². The van der Waals surface area contributed by atoms with Gasteiger partial charge in [-0.05, 0) is 24.3 Å². The third-order valence-corrected chi connectivity index (χ3v) is 5.32. The number of benzene rings is 1. The van der Waals surface area contributed by atoms with Crippen molar-refractivity contribution in [3.8, 4) is 17.5 Å². The van der Waals surface area contributed by atoms with E-state index in [9.17, 15) is 14.4 Å². The average Bonchev–Trinajstić information content (AvgIpc) is 3.47. The van der Waals surface area contributed by atoms with E-state index in [1.807, 2.05) is 24.3 Å². The molecule has 0 aliphatic heterocycles. The molecule has 0 unspecified atom stereocenters. The minimum atomic E-state index is -0.330. The van der Waals surface area contributed by atoms with E-state index in [0.29, 0.717) is 28.0 Å². The van der Waals surface area contributed by atoms with Gasteiger partial charge in [0.2, 0.25) is 17.7 Å². The molecule has 0 aliphatic carbocycles. The quantitative estimate of drug-likeness (QED) is 0.470. The summed E-state index contributed by atoms with van der Waals surface area (Å²) in [6.45, 7) is 1.98. The highest BCUT2D eigenvalue weighted by atomic mass is 32.1. The van der Waals surface area contributed by atoms with Gasteiger partial charge in [-0.25, -0.2) is 4.98 Å². The Morgan fingerprint density at radius 3 is 2.67 bits per heavy atom. The van der Waals surface area contributed by atoms with Crippen LogP contribution in [0.2, 0.25) is 0 Å². The molecule has 1 aromatic carbocycles. The zero-order chi connectivity index (χ0) is 23.6. The minimum Gasteiger partial charge on any atom is -0.458 e. The van der Waals surface area contributed by atoms with Gasteiger partial charge in [0.15, 0.2) is 10.9 Å². The molecule has 9 nitrogen and oxygen atoms in total. The lowest BCUT2D eigenvalue weighted by Crippen LogP contribution is -2.32. The summed E-state index contributed by atoms with van der Waals surface area (Å²) in [6, 6.07) is 14.6. The lowest BCUT2D eigenvalue weighted by molar-refractivity contribution is -0.122. The fourth-order valence-corrected chi connectivity index (χ4v) is 3.69. The van der Waals surface area contributed by atoms with Crippen molar-refractivity contribution in [2.24, 2.45) is 0 Å². The van der Waals surface area contributed by atoms with Crippen molar-refractivity contribution in [2.75, 3.05) is 16.8 Å². The standard InChI is InChI=1S/C23H23N5O4S/c1-16(29)25-14-18-8-9-20(32-18)19-15-33-23(26-19)27-21(30)10-11-22(31)28(13-5-12-24)17-6-3-2-4-7-17/h2-4,6-9,15H,5,10-11,13-14H2,1H3,(H,25,29)(H,26,27,30). The molecule has 0 bridgehead atoms. The number of carbonyl (C=O) groups excluding carboxylic acids is 3. The fraction of sp³-hybridized carbons (Fsp3) is 0.261. The Bertz CT molecular complexity index is 1150. The van der Waals surface area contributed by atoms with Gasteiger partial charge in [-0.3, -0.25) is 14.4 Å². The monoisotopic (exact) mass is 465 g/mol. The van der Waals surface area contributed by atoms with Crippen molar-refractivity contribution in [2.45, 2.75) is 32.7 Å². The van der Waals surface area contributed by atoms with Crippen molar-refractivity contribution < 1.29 is 18.8 Å². The Balaban J connectivity index is 1.53. The van der Waals surface area contributed by atoms with Crippen LogP contribution in [-0.4, -0.2) is 29.3 Å². The van der Waals surface area contributed by atoms with E-state index in [1.54, 1.807) is 29.6 Å². The Morgan fingerprint density at radius 1 is 1.15 bits per heavy atom. The number of nitriles is 1. The number of nitrogens with one attached hydrogen (secondary N) is 2. The zero-order valence-corrected chi connectivity index (χ0v) is 18.9. The van der Waals surface area contributed by atoms with E-state index in [-0.39, 0.29) is 50.1 Å². The van der Waals surface area contributed by atoms with Crippen molar-refractivity contribution in [3.63, 3.8) is 0 Å². The lowest BCUT2D eigenvalue weighted by atomic mass is 10.2. The van der Waals surface area contributed by atoms with Gasteiger partial charge in [0, 0.05) is 37.4 Å². The Labute approximate surface area is 195 Å². The molecule has 2 heterocycles. The van der Waals surface area contributed by atoms with Gasteiger partial charge in [-0.1, -0.05) is 18.2 Å². The summed E-state index contributed by atoms with van der Waals surface area (Å²) in [5.74, 6) is 0.411. The molecule has 0 fully saturated rings. The number of nitrogens with zero attached hydrogens (tertiary/aromatic N) is 3. The predicted octanol–water partition coefficient (Wildman–Crippen LogP) is 3.70. The molecule has 0 aliphatic rings. The van der Waals surface area contributed by atoms with E-state index < -0.39 is 0 Å². The number of hydrogen-bond acceptors (Lipinski definition) is 7. The lowest BCUT2D eigenvalue weighted by Gasteiger charge is -2.21. The first-order chi connectivity index (χ1) is 16.0. The van der Waals surface area contributed by atoms with Gasteiger partial charge in [0.05, 0.1) is 19.0 Å². The summed E-state index contributed by atoms with van der Waals surface area (Å²) in [7, 11) is 0. The van der Waals surface area contributed by atoms with Gasteiger partial charge >= 0.3 is 0 Å². The molecule has 3 amide bonds. The molecule has 3 rings (SSSR count). The van der Waals surface area contributed by atoms with Crippen molar-refractivity contribution in [1.29, 1.82) is 5.26 Å². The van der Waals surface area contributed by atoms with Crippen LogP contribution in [0, 0.1) is 11.3 Å². The summed E-state index contributed by atoms with van der Waals surface area (Å²) in [5.41, 5.74) is 1.26. The second-order valence-electron chi connectivity index (χ2n) is 7.05. The number of thiazole rings is 1. The highest BCUT2D eigenvalue weighted by Gasteiger charge is 2.17. The number of amides is 3. The van der Waals surface area contributed by atoms with Crippen LogP contribution < -0.4 is 15.5 Å². The molecule has 0 radical (unpaired) electrons. The summed E-state index contributed by atoms with van der Waals surface area (Å²) in [5, 5.41) is 16.4. The van der Waals surface area contributed by atoms with Gasteiger partial charge < -0.3 is 20.0 Å². The maximum absolute atomic E-state index is 12.7. The van der Waals surface area contributed by atoms with E-state index in [4.69, 9.17) is 9.68 Å².